The Hall–Kier alpha value is -2.92. The number of carbonyl (C=O) groups is 1. The van der Waals surface area contributed by atoms with Crippen molar-refractivity contribution in [3.05, 3.63) is 63.3 Å². The fraction of sp³-hybridized carbons (Fsp3) is 0.538. The van der Waals surface area contributed by atoms with Gasteiger partial charge in [0.2, 0.25) is 0 Å². The number of hydrogen-bond acceptors (Lipinski definition) is 5. The Kier molecular flexibility index (Phi) is 8.53. The smallest absolute Gasteiger partial charge is 0.266 e. The second-order valence-corrected chi connectivity index (χ2v) is 9.76. The molecular formula is C26H32F4N4O3. The molecule has 0 bridgehead atoms. The summed E-state index contributed by atoms with van der Waals surface area (Å²) in [7, 11) is 2.01. The number of carbonyl (C=O) groups excluding carboxylic acids is 1. The van der Waals surface area contributed by atoms with Crippen LogP contribution in [-0.4, -0.2) is 60.9 Å². The van der Waals surface area contributed by atoms with Crippen molar-refractivity contribution in [2.24, 2.45) is 0 Å². The minimum Gasteiger partial charge on any atom is -0.381 e. The van der Waals surface area contributed by atoms with Crippen LogP contribution in [0.5, 0.6) is 0 Å². The number of benzene rings is 1. The van der Waals surface area contributed by atoms with Gasteiger partial charge < -0.3 is 24.8 Å². The lowest BCUT2D eigenvalue weighted by molar-refractivity contribution is 0.00232. The standard InChI is InChI=1S/C26H32F4N4O3/c1-15(17-4-3-5-18(24(17)28)25(29)30)31-26(36)19-13-34(22-8-11-37-14-20(22)27)23(35)12-21(19)32-16-6-9-33(2)10-7-16/h3-5,12-13,15-16,20,22,25,32H,6-11,14H2,1-2H3,(H,31,36)/t15-,20-,22-/m1/s1. The molecule has 3 atom stereocenters. The molecule has 2 aliphatic heterocycles. The zero-order valence-electron chi connectivity index (χ0n) is 20.9. The van der Waals surface area contributed by atoms with E-state index in [0.717, 1.165) is 32.0 Å². The van der Waals surface area contributed by atoms with E-state index in [1.807, 2.05) is 7.05 Å². The summed E-state index contributed by atoms with van der Waals surface area (Å²) in [5, 5.41) is 5.95. The van der Waals surface area contributed by atoms with Gasteiger partial charge in [-0.3, -0.25) is 9.59 Å². The van der Waals surface area contributed by atoms with Crippen molar-refractivity contribution in [3.63, 3.8) is 0 Å². The molecule has 1 aromatic heterocycles. The maximum atomic E-state index is 14.7. The molecule has 4 rings (SSSR count). The summed E-state index contributed by atoms with van der Waals surface area (Å²) in [6.45, 7) is 3.31. The molecule has 2 saturated heterocycles. The molecule has 202 valence electrons. The van der Waals surface area contributed by atoms with Crippen LogP contribution in [-0.2, 0) is 4.74 Å². The van der Waals surface area contributed by atoms with Crippen LogP contribution in [0, 0.1) is 5.82 Å². The highest BCUT2D eigenvalue weighted by Gasteiger charge is 2.30. The first-order valence-electron chi connectivity index (χ1n) is 12.5. The number of ether oxygens (including phenoxy) is 1. The lowest BCUT2D eigenvalue weighted by Crippen LogP contribution is -2.40. The molecule has 0 radical (unpaired) electrons. The molecule has 0 saturated carbocycles. The first-order chi connectivity index (χ1) is 17.7. The van der Waals surface area contributed by atoms with Gasteiger partial charge in [0, 0.05) is 30.5 Å². The SMILES string of the molecule is C[C@@H](NC(=O)c1cn([C@@H]2CCOC[C@H]2F)c(=O)cc1NC1CCN(C)CC1)c1cccc(C(F)F)c1F. The van der Waals surface area contributed by atoms with Gasteiger partial charge in [-0.15, -0.1) is 0 Å². The van der Waals surface area contributed by atoms with Crippen LogP contribution in [0.15, 0.2) is 35.3 Å². The maximum Gasteiger partial charge on any atom is 0.266 e. The summed E-state index contributed by atoms with van der Waals surface area (Å²) in [6, 6.07) is 3.22. The Balaban J connectivity index is 1.65. The molecule has 2 N–H and O–H groups in total. The molecule has 2 aliphatic rings. The zero-order valence-corrected chi connectivity index (χ0v) is 20.9. The fourth-order valence-corrected chi connectivity index (χ4v) is 4.91. The predicted octanol–water partition coefficient (Wildman–Crippen LogP) is 4.22. The van der Waals surface area contributed by atoms with Gasteiger partial charge in [-0.25, -0.2) is 17.6 Å². The molecule has 7 nitrogen and oxygen atoms in total. The van der Waals surface area contributed by atoms with E-state index in [4.69, 9.17) is 4.74 Å². The quantitative estimate of drug-likeness (QED) is 0.531. The number of amides is 1. The summed E-state index contributed by atoms with van der Waals surface area (Å²) < 4.78 is 62.0. The van der Waals surface area contributed by atoms with E-state index in [0.29, 0.717) is 5.69 Å². The highest BCUT2D eigenvalue weighted by atomic mass is 19.3. The number of piperidine rings is 1. The van der Waals surface area contributed by atoms with Gasteiger partial charge >= 0.3 is 0 Å². The molecular weight excluding hydrogens is 492 g/mol. The van der Waals surface area contributed by atoms with Crippen LogP contribution in [0.25, 0.3) is 0 Å². The zero-order chi connectivity index (χ0) is 26.7. The number of pyridine rings is 1. The van der Waals surface area contributed by atoms with E-state index >= 15 is 0 Å². The number of hydrogen-bond donors (Lipinski definition) is 2. The van der Waals surface area contributed by atoms with Crippen LogP contribution < -0.4 is 16.2 Å². The fourth-order valence-electron chi connectivity index (χ4n) is 4.91. The van der Waals surface area contributed by atoms with E-state index in [1.165, 1.54) is 35.9 Å². The summed E-state index contributed by atoms with van der Waals surface area (Å²) in [5.74, 6) is -1.72. The van der Waals surface area contributed by atoms with Gasteiger partial charge in [0.25, 0.3) is 17.9 Å². The third-order valence-electron chi connectivity index (χ3n) is 7.12. The van der Waals surface area contributed by atoms with Crippen LogP contribution >= 0.6 is 0 Å². The van der Waals surface area contributed by atoms with Crippen molar-refractivity contribution < 1.29 is 27.1 Å². The minimum absolute atomic E-state index is 0.0209. The lowest BCUT2D eigenvalue weighted by atomic mass is 10.0. The van der Waals surface area contributed by atoms with Crippen LogP contribution in [0.1, 0.15) is 66.2 Å². The molecule has 37 heavy (non-hydrogen) atoms. The normalized spacial score (nSPS) is 22.1. The second-order valence-electron chi connectivity index (χ2n) is 9.76. The number of anilines is 1. The summed E-state index contributed by atoms with van der Waals surface area (Å²) in [4.78, 5) is 28.6. The first kappa shape index (κ1) is 27.1. The molecule has 2 fully saturated rings. The molecule has 3 heterocycles. The molecule has 0 unspecified atom stereocenters. The Morgan fingerprint density at radius 1 is 1.16 bits per heavy atom. The molecule has 11 heteroatoms. The maximum absolute atomic E-state index is 14.7. The highest BCUT2D eigenvalue weighted by molar-refractivity contribution is 5.99. The number of likely N-dealkylation sites (tertiary alicyclic amines) is 1. The number of halogens is 4. The number of nitrogens with one attached hydrogen (secondary N) is 2. The van der Waals surface area contributed by atoms with E-state index < -0.39 is 47.5 Å². The molecule has 0 aliphatic carbocycles. The van der Waals surface area contributed by atoms with Crippen molar-refractivity contribution in [3.8, 4) is 0 Å². The number of alkyl halides is 3. The summed E-state index contributed by atoms with van der Waals surface area (Å²) in [5.41, 5.74) is -0.896. The Morgan fingerprint density at radius 2 is 1.86 bits per heavy atom. The highest BCUT2D eigenvalue weighted by Crippen LogP contribution is 2.29. The monoisotopic (exact) mass is 524 g/mol. The van der Waals surface area contributed by atoms with Crippen LogP contribution in [0.2, 0.25) is 0 Å². The average molecular weight is 525 g/mol. The van der Waals surface area contributed by atoms with Crippen molar-refractivity contribution in [1.29, 1.82) is 0 Å². The van der Waals surface area contributed by atoms with Crippen molar-refractivity contribution in [2.45, 2.75) is 56.9 Å². The topological polar surface area (TPSA) is 75.6 Å². The number of nitrogens with zero attached hydrogens (tertiary/aromatic N) is 2. The van der Waals surface area contributed by atoms with Gasteiger partial charge in [-0.05, 0) is 46.3 Å². The predicted molar refractivity (Wildman–Crippen MR) is 131 cm³/mol. The molecule has 0 spiro atoms. The Labute approximate surface area is 212 Å². The summed E-state index contributed by atoms with van der Waals surface area (Å²) in [6.07, 6.45) is -1.21. The van der Waals surface area contributed by atoms with Gasteiger partial charge in [0.05, 0.1) is 35.5 Å². The van der Waals surface area contributed by atoms with E-state index in [9.17, 15) is 27.2 Å². The van der Waals surface area contributed by atoms with Gasteiger partial charge in [0.15, 0.2) is 0 Å². The number of aromatic nitrogens is 1. The van der Waals surface area contributed by atoms with Crippen molar-refractivity contribution in [2.75, 3.05) is 38.7 Å². The largest absolute Gasteiger partial charge is 0.381 e. The van der Waals surface area contributed by atoms with E-state index in [1.54, 1.807) is 0 Å². The second kappa shape index (κ2) is 11.6. The van der Waals surface area contributed by atoms with Crippen LogP contribution in [0.4, 0.5) is 23.2 Å². The molecule has 1 aromatic carbocycles. The van der Waals surface area contributed by atoms with E-state index in [-0.39, 0.29) is 36.8 Å². The van der Waals surface area contributed by atoms with Crippen molar-refractivity contribution >= 4 is 11.6 Å². The Bertz CT molecular complexity index is 1170. The Morgan fingerprint density at radius 3 is 2.54 bits per heavy atom. The van der Waals surface area contributed by atoms with Gasteiger partial charge in [-0.2, -0.15) is 0 Å². The third-order valence-corrected chi connectivity index (χ3v) is 7.12. The van der Waals surface area contributed by atoms with Gasteiger partial charge in [0.1, 0.15) is 12.0 Å². The summed E-state index contributed by atoms with van der Waals surface area (Å²) >= 11 is 0. The van der Waals surface area contributed by atoms with Crippen molar-refractivity contribution in [1.82, 2.24) is 14.8 Å². The first-order valence-corrected chi connectivity index (χ1v) is 12.5. The third kappa shape index (κ3) is 6.15. The van der Waals surface area contributed by atoms with Crippen LogP contribution in [0.3, 0.4) is 0 Å². The lowest BCUT2D eigenvalue weighted by Gasteiger charge is -2.31. The minimum atomic E-state index is -3.00. The molecule has 2 aromatic rings. The number of rotatable bonds is 7. The van der Waals surface area contributed by atoms with E-state index in [2.05, 4.69) is 15.5 Å². The molecule has 1 amide bonds. The average Bonchev–Trinajstić information content (AvgIpc) is 2.86. The van der Waals surface area contributed by atoms with Gasteiger partial charge in [-0.1, -0.05) is 18.2 Å².